The zero-order chi connectivity index (χ0) is 17.0. The summed E-state index contributed by atoms with van der Waals surface area (Å²) in [5.41, 5.74) is 2.03. The number of anilines is 1. The third kappa shape index (κ3) is 4.17. The second kappa shape index (κ2) is 7.38. The van der Waals surface area contributed by atoms with Crippen molar-refractivity contribution >= 4 is 11.7 Å². The van der Waals surface area contributed by atoms with Gasteiger partial charge in [0.2, 0.25) is 5.91 Å². The lowest BCUT2D eigenvalue weighted by Gasteiger charge is -2.35. The van der Waals surface area contributed by atoms with Crippen LogP contribution in [0, 0.1) is 25.2 Å². The number of carbonyl (C=O) groups excluding carboxylic acids is 1. The molecule has 1 N–H and O–H groups in total. The molecule has 0 radical (unpaired) electrons. The molecule has 2 heterocycles. The SMILES string of the molecule is Cc1nnc(NCCC(=O)N2CC(C)OC(C)C2)c(C#N)c1C. The summed E-state index contributed by atoms with van der Waals surface area (Å²) in [6, 6.07) is 2.14. The summed E-state index contributed by atoms with van der Waals surface area (Å²) in [7, 11) is 0. The molecule has 1 aliphatic rings. The van der Waals surface area contributed by atoms with Gasteiger partial charge >= 0.3 is 0 Å². The first kappa shape index (κ1) is 17.2. The molecular formula is C16H23N5O2. The van der Waals surface area contributed by atoms with Crippen molar-refractivity contribution in [3.8, 4) is 6.07 Å². The Morgan fingerprint density at radius 3 is 2.61 bits per heavy atom. The van der Waals surface area contributed by atoms with Gasteiger partial charge in [-0.05, 0) is 33.3 Å². The predicted molar refractivity (Wildman–Crippen MR) is 85.9 cm³/mol. The third-order valence-electron chi connectivity index (χ3n) is 3.97. The molecule has 0 aromatic carbocycles. The van der Waals surface area contributed by atoms with E-state index >= 15 is 0 Å². The number of ether oxygens (including phenoxy) is 1. The van der Waals surface area contributed by atoms with Crippen molar-refractivity contribution in [1.82, 2.24) is 15.1 Å². The van der Waals surface area contributed by atoms with E-state index in [4.69, 9.17) is 4.74 Å². The monoisotopic (exact) mass is 317 g/mol. The highest BCUT2D eigenvalue weighted by molar-refractivity contribution is 5.77. The average molecular weight is 317 g/mol. The van der Waals surface area contributed by atoms with Gasteiger partial charge in [-0.2, -0.15) is 10.4 Å². The van der Waals surface area contributed by atoms with Crippen LogP contribution >= 0.6 is 0 Å². The molecule has 7 nitrogen and oxygen atoms in total. The summed E-state index contributed by atoms with van der Waals surface area (Å²) in [6.45, 7) is 9.26. The first-order chi connectivity index (χ1) is 10.9. The highest BCUT2D eigenvalue weighted by atomic mass is 16.5. The fraction of sp³-hybridized carbons (Fsp3) is 0.625. The normalized spacial score (nSPS) is 20.9. The van der Waals surface area contributed by atoms with E-state index in [0.717, 1.165) is 11.3 Å². The molecule has 1 aliphatic heterocycles. The van der Waals surface area contributed by atoms with E-state index in [9.17, 15) is 10.1 Å². The van der Waals surface area contributed by atoms with Crippen LogP contribution in [0.4, 0.5) is 5.82 Å². The maximum absolute atomic E-state index is 12.3. The third-order valence-corrected chi connectivity index (χ3v) is 3.97. The van der Waals surface area contributed by atoms with Gasteiger partial charge in [-0.25, -0.2) is 0 Å². The van der Waals surface area contributed by atoms with E-state index in [1.165, 1.54) is 0 Å². The number of rotatable bonds is 4. The van der Waals surface area contributed by atoms with Crippen molar-refractivity contribution in [1.29, 1.82) is 5.26 Å². The van der Waals surface area contributed by atoms with Crippen LogP contribution in [0.15, 0.2) is 0 Å². The first-order valence-corrected chi connectivity index (χ1v) is 7.83. The lowest BCUT2D eigenvalue weighted by Crippen LogP contribution is -2.48. The molecule has 1 amide bonds. The quantitative estimate of drug-likeness (QED) is 0.902. The Morgan fingerprint density at radius 1 is 1.35 bits per heavy atom. The number of carbonyl (C=O) groups is 1. The van der Waals surface area contributed by atoms with Gasteiger partial charge < -0.3 is 15.0 Å². The van der Waals surface area contributed by atoms with Crippen LogP contribution in [0.3, 0.4) is 0 Å². The second-order valence-corrected chi connectivity index (χ2v) is 5.98. The molecule has 2 rings (SSSR count). The van der Waals surface area contributed by atoms with Gasteiger partial charge in [0.05, 0.1) is 17.9 Å². The Morgan fingerprint density at radius 2 is 2.00 bits per heavy atom. The predicted octanol–water partition coefficient (Wildman–Crippen LogP) is 1.40. The molecule has 1 fully saturated rings. The minimum atomic E-state index is 0.0615. The Bertz CT molecular complexity index is 616. The molecule has 23 heavy (non-hydrogen) atoms. The number of nitrogens with one attached hydrogen (secondary N) is 1. The van der Waals surface area contributed by atoms with Crippen LogP contribution in [0.5, 0.6) is 0 Å². The van der Waals surface area contributed by atoms with Crippen LogP contribution in [0.2, 0.25) is 0 Å². The van der Waals surface area contributed by atoms with Crippen molar-refractivity contribution in [2.75, 3.05) is 25.0 Å². The summed E-state index contributed by atoms with van der Waals surface area (Å²) < 4.78 is 5.63. The van der Waals surface area contributed by atoms with E-state index in [1.807, 2.05) is 32.6 Å². The summed E-state index contributed by atoms with van der Waals surface area (Å²) in [5, 5.41) is 20.3. The number of morpholine rings is 1. The van der Waals surface area contributed by atoms with E-state index < -0.39 is 0 Å². The van der Waals surface area contributed by atoms with Gasteiger partial charge in [-0.3, -0.25) is 4.79 Å². The zero-order valence-corrected chi connectivity index (χ0v) is 14.1. The molecule has 2 atom stereocenters. The van der Waals surface area contributed by atoms with Crippen molar-refractivity contribution in [2.24, 2.45) is 0 Å². The number of aromatic nitrogens is 2. The van der Waals surface area contributed by atoms with E-state index in [1.54, 1.807) is 0 Å². The fourth-order valence-electron chi connectivity index (χ4n) is 2.70. The Kier molecular flexibility index (Phi) is 5.50. The van der Waals surface area contributed by atoms with Gasteiger partial charge in [0, 0.05) is 26.1 Å². The summed E-state index contributed by atoms with van der Waals surface area (Å²) in [4.78, 5) is 14.1. The van der Waals surface area contributed by atoms with E-state index in [-0.39, 0.29) is 18.1 Å². The van der Waals surface area contributed by atoms with Crippen molar-refractivity contribution < 1.29 is 9.53 Å². The zero-order valence-electron chi connectivity index (χ0n) is 14.1. The minimum Gasteiger partial charge on any atom is -0.372 e. The standard InChI is InChI=1S/C16H23N5O2/c1-10-8-21(9-11(2)23-10)15(22)5-6-18-16-14(7-17)12(3)13(4)19-20-16/h10-11H,5-6,8-9H2,1-4H3,(H,18,20). The maximum atomic E-state index is 12.3. The van der Waals surface area contributed by atoms with Gasteiger partial charge in [0.25, 0.3) is 0 Å². The number of hydrogen-bond acceptors (Lipinski definition) is 6. The smallest absolute Gasteiger partial charge is 0.224 e. The minimum absolute atomic E-state index is 0.0615. The molecule has 0 spiro atoms. The molecule has 0 saturated carbocycles. The van der Waals surface area contributed by atoms with E-state index in [2.05, 4.69) is 21.6 Å². The maximum Gasteiger partial charge on any atom is 0.224 e. The van der Waals surface area contributed by atoms with Crippen LogP contribution in [0.25, 0.3) is 0 Å². The second-order valence-electron chi connectivity index (χ2n) is 5.98. The van der Waals surface area contributed by atoms with Crippen molar-refractivity contribution in [2.45, 2.75) is 46.3 Å². The molecule has 1 aromatic heterocycles. The lowest BCUT2D eigenvalue weighted by molar-refractivity contribution is -0.142. The number of amides is 1. The number of hydrogen-bond donors (Lipinski definition) is 1. The molecular weight excluding hydrogens is 294 g/mol. The highest BCUT2D eigenvalue weighted by Crippen LogP contribution is 2.17. The topological polar surface area (TPSA) is 91.1 Å². The summed E-state index contributed by atoms with van der Waals surface area (Å²) in [6.07, 6.45) is 0.469. The van der Waals surface area contributed by atoms with Crippen LogP contribution in [0.1, 0.15) is 37.1 Å². The van der Waals surface area contributed by atoms with Crippen molar-refractivity contribution in [3.05, 3.63) is 16.8 Å². The molecule has 7 heteroatoms. The van der Waals surface area contributed by atoms with Gasteiger partial charge in [-0.15, -0.1) is 5.10 Å². The molecule has 1 saturated heterocycles. The molecule has 1 aromatic rings. The van der Waals surface area contributed by atoms with Crippen LogP contribution in [-0.4, -0.2) is 52.8 Å². The molecule has 0 bridgehead atoms. The van der Waals surface area contributed by atoms with E-state index in [0.29, 0.717) is 37.4 Å². The molecule has 2 unspecified atom stereocenters. The fourth-order valence-corrected chi connectivity index (χ4v) is 2.70. The van der Waals surface area contributed by atoms with Gasteiger partial charge in [0.1, 0.15) is 11.6 Å². The summed E-state index contributed by atoms with van der Waals surface area (Å²) >= 11 is 0. The van der Waals surface area contributed by atoms with Crippen LogP contribution < -0.4 is 5.32 Å². The number of nitriles is 1. The average Bonchev–Trinajstić information content (AvgIpc) is 2.50. The van der Waals surface area contributed by atoms with Gasteiger partial charge in [-0.1, -0.05) is 0 Å². The Balaban J connectivity index is 1.91. The largest absolute Gasteiger partial charge is 0.372 e. The first-order valence-electron chi connectivity index (χ1n) is 7.83. The van der Waals surface area contributed by atoms with Crippen LogP contribution in [-0.2, 0) is 9.53 Å². The summed E-state index contributed by atoms with van der Waals surface area (Å²) in [5.74, 6) is 0.516. The number of nitrogens with zero attached hydrogens (tertiary/aromatic N) is 4. The Labute approximate surface area is 136 Å². The molecule has 0 aliphatic carbocycles. The molecule has 124 valence electrons. The van der Waals surface area contributed by atoms with Gasteiger partial charge in [0.15, 0.2) is 5.82 Å². The van der Waals surface area contributed by atoms with Crippen molar-refractivity contribution in [3.63, 3.8) is 0 Å². The lowest BCUT2D eigenvalue weighted by atomic mass is 10.1. The number of aryl methyl sites for hydroxylation is 1. The Hall–Kier alpha value is -2.20. The highest BCUT2D eigenvalue weighted by Gasteiger charge is 2.25.